The molecule has 7 aliphatic rings. The summed E-state index contributed by atoms with van der Waals surface area (Å²) in [6.45, 7) is 9.85. The molecule has 9 bridgehead atoms. The molecule has 0 aromatic rings. The Morgan fingerprint density at radius 3 is 1.87 bits per heavy atom. The highest BCUT2D eigenvalue weighted by molar-refractivity contribution is 6.56. The second kappa shape index (κ2) is 14.8. The highest BCUT2D eigenvalue weighted by atomic mass is 17.0. The SMILES string of the molecule is C[C@@H]1CC[C@@H]2O[C@]13O[B-]14O[C@H]3C(=O)O[C@H](C=O)C/C=C\CC[C@H](O)C(C)(C)[C@@H]3CC[C@@H](C)[C@](O3)(O1)[C@@H](O4)C(=O)O[C@H]1C[C@@H](CCC[C@@H](O)C2(C)C)O[C@@H]1C. The first-order chi connectivity index (χ1) is 25.5. The smallest absolute Gasteiger partial charge is 0.504 e. The fourth-order valence-electron chi connectivity index (χ4n) is 9.78. The maximum atomic E-state index is 14.6. The summed E-state index contributed by atoms with van der Waals surface area (Å²) in [5.41, 5.74) is -1.62. The number of rotatable bonds is 1. The van der Waals surface area contributed by atoms with E-state index in [1.165, 1.54) is 0 Å². The molecule has 54 heavy (non-hydrogen) atoms. The van der Waals surface area contributed by atoms with Gasteiger partial charge in [-0.1, -0.05) is 53.7 Å². The van der Waals surface area contributed by atoms with Crippen LogP contribution in [0.5, 0.6) is 0 Å². The summed E-state index contributed by atoms with van der Waals surface area (Å²) < 4.78 is 58.8. The maximum absolute atomic E-state index is 14.6. The number of esters is 2. The van der Waals surface area contributed by atoms with Crippen LogP contribution >= 0.6 is 0 Å². The number of carbonyl (C=O) groups excluding carboxylic acids is 3. The van der Waals surface area contributed by atoms with Gasteiger partial charge in [-0.05, 0) is 64.7 Å². The fourth-order valence-corrected chi connectivity index (χ4v) is 9.78. The molecule has 7 rings (SSSR count). The molecule has 0 saturated carbocycles. The number of cyclic esters (lactones) is 1. The Morgan fingerprint density at radius 1 is 0.741 bits per heavy atom. The van der Waals surface area contributed by atoms with Crippen molar-refractivity contribution >= 4 is 25.2 Å². The minimum atomic E-state index is -3.47. The monoisotopic (exact) mass is 763 g/mol. The molecule has 0 amide bonds. The van der Waals surface area contributed by atoms with Gasteiger partial charge >= 0.3 is 18.9 Å². The summed E-state index contributed by atoms with van der Waals surface area (Å²) >= 11 is 0. The quantitative estimate of drug-likeness (QED) is 0.169. The maximum Gasteiger partial charge on any atom is 0.536 e. The number of aldehydes is 1. The number of allylic oxidation sites excluding steroid dienone is 1. The number of carbonyl (C=O) groups is 3. The molecule has 0 aromatic carbocycles. The highest BCUT2D eigenvalue weighted by Gasteiger charge is 2.73. The molecule has 0 aromatic heterocycles. The van der Waals surface area contributed by atoms with Gasteiger partial charge in [0, 0.05) is 35.5 Å². The van der Waals surface area contributed by atoms with Gasteiger partial charge in [-0.3, -0.25) is 4.79 Å². The second-order valence-corrected chi connectivity index (χ2v) is 18.1. The van der Waals surface area contributed by atoms with Crippen molar-refractivity contribution in [2.24, 2.45) is 22.7 Å². The normalized spacial score (nSPS) is 50.1. The minimum Gasteiger partial charge on any atom is -0.504 e. The van der Waals surface area contributed by atoms with Crippen LogP contribution in [0.15, 0.2) is 12.2 Å². The molecule has 0 aliphatic carbocycles. The summed E-state index contributed by atoms with van der Waals surface area (Å²) in [6, 6.07) is 0. The minimum absolute atomic E-state index is 0.0985. The number of hydrogen-bond acceptors (Lipinski definition) is 14. The number of ether oxygens (including phenoxy) is 5. The van der Waals surface area contributed by atoms with Crippen LogP contribution in [-0.4, -0.2) is 108 Å². The van der Waals surface area contributed by atoms with Crippen molar-refractivity contribution in [3.05, 3.63) is 12.2 Å². The first-order valence-corrected chi connectivity index (χ1v) is 20.2. The largest absolute Gasteiger partial charge is 0.536 e. The molecule has 7 heterocycles. The third kappa shape index (κ3) is 6.91. The zero-order chi connectivity index (χ0) is 38.8. The molecular weight excluding hydrogens is 703 g/mol. The van der Waals surface area contributed by atoms with Crippen LogP contribution in [0.25, 0.3) is 0 Å². The van der Waals surface area contributed by atoms with Crippen LogP contribution in [0.3, 0.4) is 0 Å². The van der Waals surface area contributed by atoms with E-state index >= 15 is 0 Å². The van der Waals surface area contributed by atoms with Crippen LogP contribution in [0.2, 0.25) is 0 Å². The zero-order valence-corrected chi connectivity index (χ0v) is 32.8. The average molecular weight is 764 g/mol. The molecule has 15 heteroatoms. The van der Waals surface area contributed by atoms with Gasteiger partial charge in [-0.25, -0.2) is 9.59 Å². The molecule has 7 aliphatic heterocycles. The third-order valence-corrected chi connectivity index (χ3v) is 13.8. The van der Waals surface area contributed by atoms with E-state index in [-0.39, 0.29) is 12.5 Å². The number of hydrogen-bond donors (Lipinski definition) is 2. The third-order valence-electron chi connectivity index (χ3n) is 13.8. The van der Waals surface area contributed by atoms with Crippen molar-refractivity contribution in [2.45, 2.75) is 192 Å². The van der Waals surface area contributed by atoms with Gasteiger partial charge in [-0.15, -0.1) is 0 Å². The first kappa shape index (κ1) is 40.3. The molecule has 6 fully saturated rings. The van der Waals surface area contributed by atoms with E-state index in [4.69, 9.17) is 42.3 Å². The Balaban J connectivity index is 1.37. The summed E-state index contributed by atoms with van der Waals surface area (Å²) in [5, 5.41) is 23.2. The lowest BCUT2D eigenvalue weighted by Gasteiger charge is -2.52. The van der Waals surface area contributed by atoms with E-state index in [9.17, 15) is 24.6 Å². The lowest BCUT2D eigenvalue weighted by Crippen LogP contribution is -2.61. The van der Waals surface area contributed by atoms with Crippen molar-refractivity contribution in [2.75, 3.05) is 0 Å². The van der Waals surface area contributed by atoms with Crippen molar-refractivity contribution in [3.63, 3.8) is 0 Å². The van der Waals surface area contributed by atoms with Gasteiger partial charge in [0.15, 0.2) is 36.2 Å². The van der Waals surface area contributed by atoms with Crippen LogP contribution in [0, 0.1) is 22.7 Å². The van der Waals surface area contributed by atoms with Crippen molar-refractivity contribution in [3.8, 4) is 0 Å². The molecule has 1 unspecified atom stereocenters. The molecule has 304 valence electrons. The molecule has 2 N–H and O–H groups in total. The van der Waals surface area contributed by atoms with Crippen LogP contribution in [0.1, 0.15) is 119 Å². The molecule has 14 nitrogen and oxygen atoms in total. The standard InChI is InChI=1S/C39H60BO14/c1-22-16-19-31-37(6,7)29(43)15-11-13-25-20-27(24(3)46-25)48-35(45)33-39-23(2)17-18-30(50-39)36(4,5)28(42)14-10-8-9-12-26(21-41)47-34(44)32-38(22,49-31)53-40(51-32,52-33)54-39/h8-9,21-33,42-43H,10-20H2,1-7H3/q-1/b9-8-/t22-,23-,24-,25-,26+,27+,28+,29-,30+,31+,32+,33+,38+,39+,40?/m1/s1. The number of fused-ring (bicyclic) bond motifs is 6. The van der Waals surface area contributed by atoms with Crippen LogP contribution in [-0.2, 0) is 56.7 Å². The number of aliphatic hydroxyl groups is 2. The van der Waals surface area contributed by atoms with E-state index in [0.717, 1.165) is 0 Å². The Morgan fingerprint density at radius 2 is 1.30 bits per heavy atom. The van der Waals surface area contributed by atoms with E-state index in [0.29, 0.717) is 70.5 Å². The number of aliphatic hydroxyl groups excluding tert-OH is 2. The van der Waals surface area contributed by atoms with Gasteiger partial charge in [0.1, 0.15) is 6.10 Å². The van der Waals surface area contributed by atoms with Crippen molar-refractivity contribution < 1.29 is 66.9 Å². The van der Waals surface area contributed by atoms with Crippen LogP contribution < -0.4 is 0 Å². The van der Waals surface area contributed by atoms with Gasteiger partial charge in [-0.2, -0.15) is 0 Å². The average Bonchev–Trinajstić information content (AvgIpc) is 3.75. The summed E-state index contributed by atoms with van der Waals surface area (Å²) in [4.78, 5) is 41.2. The predicted molar refractivity (Wildman–Crippen MR) is 191 cm³/mol. The van der Waals surface area contributed by atoms with Gasteiger partial charge in [0.2, 0.25) is 0 Å². The topological polar surface area (TPSA) is 175 Å². The van der Waals surface area contributed by atoms with E-state index in [1.807, 2.05) is 54.5 Å². The second-order valence-electron chi connectivity index (χ2n) is 18.1. The van der Waals surface area contributed by atoms with Crippen LogP contribution in [0.4, 0.5) is 0 Å². The van der Waals surface area contributed by atoms with Crippen molar-refractivity contribution in [1.82, 2.24) is 0 Å². The van der Waals surface area contributed by atoms with Gasteiger partial charge < -0.3 is 52.5 Å². The summed E-state index contributed by atoms with van der Waals surface area (Å²) in [5.74, 6) is -6.35. The molecule has 15 atom stereocenters. The van der Waals surface area contributed by atoms with E-state index in [1.54, 1.807) is 6.08 Å². The summed E-state index contributed by atoms with van der Waals surface area (Å²) in [7, 11) is 0. The molecular formula is C39H60BO14-. The first-order valence-electron chi connectivity index (χ1n) is 20.2. The Bertz CT molecular complexity index is 1460. The lowest BCUT2D eigenvalue weighted by molar-refractivity contribution is -0.311. The highest BCUT2D eigenvalue weighted by Crippen LogP contribution is 2.57. The Hall–Kier alpha value is -1.95. The predicted octanol–water partition coefficient (Wildman–Crippen LogP) is 4.17. The fraction of sp³-hybridized carbons (Fsp3) is 0.872. The lowest BCUT2D eigenvalue weighted by atomic mass is 9.73. The Kier molecular flexibility index (Phi) is 11.0. The van der Waals surface area contributed by atoms with Crippen molar-refractivity contribution in [1.29, 1.82) is 0 Å². The molecule has 6 saturated heterocycles. The molecule has 0 radical (unpaired) electrons. The van der Waals surface area contributed by atoms with E-state index < -0.39 is 108 Å². The van der Waals surface area contributed by atoms with Gasteiger partial charge in [0.05, 0.1) is 36.6 Å². The zero-order valence-electron chi connectivity index (χ0n) is 32.8. The Labute approximate surface area is 318 Å². The molecule has 3 spiro atoms. The van der Waals surface area contributed by atoms with E-state index in [2.05, 4.69) is 0 Å². The van der Waals surface area contributed by atoms with Gasteiger partial charge in [0.25, 0.3) is 0 Å². The summed E-state index contributed by atoms with van der Waals surface area (Å²) in [6.07, 6.45) is 1.24.